The van der Waals surface area contributed by atoms with Crippen LogP contribution in [0.4, 0.5) is 24.5 Å². The smallest absolute Gasteiger partial charge is 0.341 e. The van der Waals surface area contributed by atoms with Crippen molar-refractivity contribution in [2.45, 2.75) is 30.0 Å². The first-order valence-corrected chi connectivity index (χ1v) is 10.00. The van der Waals surface area contributed by atoms with Gasteiger partial charge in [-0.3, -0.25) is 10.1 Å². The molecule has 0 amide bonds. The van der Waals surface area contributed by atoms with Crippen LogP contribution in [0.5, 0.6) is 0 Å². The van der Waals surface area contributed by atoms with E-state index in [1.807, 2.05) is 6.92 Å². The predicted octanol–water partition coefficient (Wildman–Crippen LogP) is 4.32. The van der Waals surface area contributed by atoms with Gasteiger partial charge in [0.25, 0.3) is 5.69 Å². The zero-order valence-electron chi connectivity index (χ0n) is 14.8. The first kappa shape index (κ1) is 20.1. The SMILES string of the molecule is CC1CCN(c2ccc(S(=O)(=O)C(F)F)cc2[N+](=O)[O-])C1c1cccc(F)c1. The maximum absolute atomic E-state index is 13.7. The molecule has 6 nitrogen and oxygen atoms in total. The summed E-state index contributed by atoms with van der Waals surface area (Å²) in [6.07, 6.45) is 0.676. The predicted molar refractivity (Wildman–Crippen MR) is 96.6 cm³/mol. The standard InChI is InChI=1S/C18H17F3N2O4S/c1-11-7-8-22(17(11)12-3-2-4-13(19)9-12)15-6-5-14(10-16(15)23(24)25)28(26,27)18(20)21/h2-6,9-11,17-18H,7-8H2,1H3. The molecule has 28 heavy (non-hydrogen) atoms. The molecule has 1 aliphatic heterocycles. The molecule has 1 heterocycles. The van der Waals surface area contributed by atoms with Gasteiger partial charge in [0.15, 0.2) is 0 Å². The molecule has 1 aliphatic rings. The Kier molecular flexibility index (Phi) is 5.33. The highest BCUT2D eigenvalue weighted by atomic mass is 32.2. The monoisotopic (exact) mass is 414 g/mol. The third-order valence-corrected chi connectivity index (χ3v) is 6.29. The molecule has 2 aromatic rings. The summed E-state index contributed by atoms with van der Waals surface area (Å²) in [6.45, 7) is 2.35. The Labute approximate surface area is 159 Å². The quantitative estimate of drug-likeness (QED) is 0.538. The second-order valence-electron chi connectivity index (χ2n) is 6.67. The third kappa shape index (κ3) is 3.56. The molecule has 2 unspecified atom stereocenters. The lowest BCUT2D eigenvalue weighted by Gasteiger charge is -2.29. The summed E-state index contributed by atoms with van der Waals surface area (Å²) in [6, 6.07) is 8.29. The number of hydrogen-bond donors (Lipinski definition) is 0. The van der Waals surface area contributed by atoms with Gasteiger partial charge in [0, 0.05) is 12.6 Å². The van der Waals surface area contributed by atoms with Crippen LogP contribution in [0, 0.1) is 21.8 Å². The van der Waals surface area contributed by atoms with Crippen LogP contribution in [-0.4, -0.2) is 25.6 Å². The average Bonchev–Trinajstić information content (AvgIpc) is 3.02. The van der Waals surface area contributed by atoms with Crippen LogP contribution in [0.15, 0.2) is 47.4 Å². The molecule has 3 rings (SSSR count). The van der Waals surface area contributed by atoms with Gasteiger partial charge in [0.1, 0.15) is 11.5 Å². The van der Waals surface area contributed by atoms with Crippen LogP contribution in [-0.2, 0) is 9.84 Å². The lowest BCUT2D eigenvalue weighted by atomic mass is 9.95. The van der Waals surface area contributed by atoms with Crippen LogP contribution in [0.2, 0.25) is 0 Å². The number of hydrogen-bond acceptors (Lipinski definition) is 5. The summed E-state index contributed by atoms with van der Waals surface area (Å²) in [5, 5.41) is 11.5. The van der Waals surface area contributed by atoms with E-state index in [4.69, 9.17) is 0 Å². The summed E-state index contributed by atoms with van der Waals surface area (Å²) >= 11 is 0. The molecule has 150 valence electrons. The molecule has 0 aliphatic carbocycles. The summed E-state index contributed by atoms with van der Waals surface area (Å²) in [7, 11) is -4.96. The van der Waals surface area contributed by atoms with Gasteiger partial charge in [-0.25, -0.2) is 12.8 Å². The number of nitro benzene ring substituents is 1. The summed E-state index contributed by atoms with van der Waals surface area (Å²) in [5.41, 5.74) is 0.151. The van der Waals surface area contributed by atoms with Crippen LogP contribution in [0.3, 0.4) is 0 Å². The molecule has 0 saturated carbocycles. The van der Waals surface area contributed by atoms with Crippen molar-refractivity contribution in [1.82, 2.24) is 0 Å². The molecule has 0 bridgehead atoms. The van der Waals surface area contributed by atoms with Crippen molar-refractivity contribution >= 4 is 21.2 Å². The van der Waals surface area contributed by atoms with Crippen molar-refractivity contribution in [3.05, 3.63) is 64.0 Å². The molecule has 0 N–H and O–H groups in total. The van der Waals surface area contributed by atoms with E-state index >= 15 is 0 Å². The fourth-order valence-corrected chi connectivity index (χ4v) is 4.33. The molecule has 1 fully saturated rings. The van der Waals surface area contributed by atoms with Gasteiger partial charge < -0.3 is 4.90 Å². The zero-order valence-corrected chi connectivity index (χ0v) is 15.6. The number of nitrogens with zero attached hydrogens (tertiary/aromatic N) is 2. The van der Waals surface area contributed by atoms with Gasteiger partial charge in [-0.2, -0.15) is 8.78 Å². The first-order chi connectivity index (χ1) is 13.1. The Balaban J connectivity index is 2.10. The maximum atomic E-state index is 13.7. The Morgan fingerprint density at radius 1 is 1.21 bits per heavy atom. The van der Waals surface area contributed by atoms with Gasteiger partial charge >= 0.3 is 5.76 Å². The summed E-state index contributed by atoms with van der Waals surface area (Å²) in [4.78, 5) is 11.6. The van der Waals surface area contributed by atoms with Crippen molar-refractivity contribution < 1.29 is 26.5 Å². The van der Waals surface area contributed by atoms with E-state index in [9.17, 15) is 31.7 Å². The van der Waals surface area contributed by atoms with E-state index in [2.05, 4.69) is 0 Å². The summed E-state index contributed by atoms with van der Waals surface area (Å²) in [5.74, 6) is -4.07. The van der Waals surface area contributed by atoms with E-state index in [0.717, 1.165) is 12.1 Å². The van der Waals surface area contributed by atoms with Crippen molar-refractivity contribution in [2.24, 2.45) is 5.92 Å². The topological polar surface area (TPSA) is 80.5 Å². The van der Waals surface area contributed by atoms with Gasteiger partial charge in [-0.05, 0) is 42.2 Å². The van der Waals surface area contributed by atoms with Crippen molar-refractivity contribution in [2.75, 3.05) is 11.4 Å². The third-order valence-electron chi connectivity index (χ3n) is 4.91. The number of halogens is 3. The van der Waals surface area contributed by atoms with Crippen molar-refractivity contribution in [3.8, 4) is 0 Å². The fraction of sp³-hybridized carbons (Fsp3) is 0.333. The molecule has 2 atom stereocenters. The molecule has 0 radical (unpaired) electrons. The van der Waals surface area contributed by atoms with E-state index in [1.165, 1.54) is 12.1 Å². The van der Waals surface area contributed by atoms with Crippen LogP contribution in [0.25, 0.3) is 0 Å². The number of nitro groups is 1. The lowest BCUT2D eigenvalue weighted by Crippen LogP contribution is -2.25. The zero-order chi connectivity index (χ0) is 20.6. The molecular weight excluding hydrogens is 397 g/mol. The van der Waals surface area contributed by atoms with Crippen LogP contribution in [0.1, 0.15) is 24.9 Å². The minimum absolute atomic E-state index is 0.0471. The maximum Gasteiger partial charge on any atom is 0.341 e. The minimum atomic E-state index is -4.96. The summed E-state index contributed by atoms with van der Waals surface area (Å²) < 4.78 is 62.7. The van der Waals surface area contributed by atoms with Gasteiger partial charge in [-0.15, -0.1) is 0 Å². The highest BCUT2D eigenvalue weighted by Gasteiger charge is 2.37. The van der Waals surface area contributed by atoms with Crippen LogP contribution >= 0.6 is 0 Å². The van der Waals surface area contributed by atoms with E-state index in [0.29, 0.717) is 24.6 Å². The Hall–Kier alpha value is -2.62. The van der Waals surface area contributed by atoms with E-state index in [1.54, 1.807) is 17.0 Å². The molecule has 1 saturated heterocycles. The van der Waals surface area contributed by atoms with Crippen molar-refractivity contribution in [1.29, 1.82) is 0 Å². The lowest BCUT2D eigenvalue weighted by molar-refractivity contribution is -0.384. The molecule has 2 aromatic carbocycles. The fourth-order valence-electron chi connectivity index (χ4n) is 3.59. The Morgan fingerprint density at radius 2 is 1.93 bits per heavy atom. The molecule has 10 heteroatoms. The number of alkyl halides is 2. The average molecular weight is 414 g/mol. The molecule has 0 spiro atoms. The Bertz CT molecular complexity index is 1010. The molecule has 0 aromatic heterocycles. The van der Waals surface area contributed by atoms with Gasteiger partial charge in [0.05, 0.1) is 15.9 Å². The number of sulfone groups is 1. The second-order valence-corrected chi connectivity index (χ2v) is 8.59. The highest BCUT2D eigenvalue weighted by molar-refractivity contribution is 7.91. The van der Waals surface area contributed by atoms with Crippen molar-refractivity contribution in [3.63, 3.8) is 0 Å². The second kappa shape index (κ2) is 7.42. The highest BCUT2D eigenvalue weighted by Crippen LogP contribution is 2.44. The van der Waals surface area contributed by atoms with E-state index < -0.39 is 36.9 Å². The van der Waals surface area contributed by atoms with Gasteiger partial charge in [0.2, 0.25) is 9.84 Å². The number of anilines is 1. The first-order valence-electron chi connectivity index (χ1n) is 8.45. The molecular formula is C18H17F3N2O4S. The van der Waals surface area contributed by atoms with Gasteiger partial charge in [-0.1, -0.05) is 19.1 Å². The minimum Gasteiger partial charge on any atom is -0.359 e. The largest absolute Gasteiger partial charge is 0.359 e. The van der Waals surface area contributed by atoms with Crippen LogP contribution < -0.4 is 4.90 Å². The Morgan fingerprint density at radius 3 is 2.54 bits per heavy atom. The van der Waals surface area contributed by atoms with E-state index in [-0.39, 0.29) is 17.6 Å². The number of rotatable bonds is 5. The number of benzene rings is 2. The normalized spacial score (nSPS) is 20.0.